The second-order valence-electron chi connectivity index (χ2n) is 4.83. The fraction of sp³-hybridized carbons (Fsp3) is 0.625. The van der Waals surface area contributed by atoms with E-state index in [4.69, 9.17) is 0 Å². The van der Waals surface area contributed by atoms with Gasteiger partial charge >= 0.3 is 0 Å². The third-order valence-electron chi connectivity index (χ3n) is 3.57. The van der Waals surface area contributed by atoms with Gasteiger partial charge in [0.15, 0.2) is 0 Å². The molecule has 0 atom stereocenters. The Kier molecular flexibility index (Phi) is 7.53. The summed E-state index contributed by atoms with van der Waals surface area (Å²) in [7, 11) is 0. The van der Waals surface area contributed by atoms with Crippen LogP contribution in [0, 0.1) is 0 Å². The normalized spacial score (nSPS) is 11.0. The first kappa shape index (κ1) is 16.0. The number of benzene rings is 1. The van der Waals surface area contributed by atoms with E-state index in [1.165, 1.54) is 11.3 Å². The first-order valence-corrected chi connectivity index (χ1v) is 7.43. The van der Waals surface area contributed by atoms with Gasteiger partial charge in [0.25, 0.3) is 0 Å². The molecule has 0 heterocycles. The van der Waals surface area contributed by atoms with Crippen molar-refractivity contribution >= 4 is 5.69 Å². The fourth-order valence-corrected chi connectivity index (χ4v) is 2.43. The predicted octanol–water partition coefficient (Wildman–Crippen LogP) is 2.78. The lowest BCUT2D eigenvalue weighted by Gasteiger charge is -2.32. The molecule has 0 aliphatic rings. The first-order valence-electron chi connectivity index (χ1n) is 7.43. The third-order valence-corrected chi connectivity index (χ3v) is 3.57. The van der Waals surface area contributed by atoms with E-state index in [0.29, 0.717) is 12.6 Å². The number of hydrogen-bond donors (Lipinski definition) is 2. The molecule has 1 rings (SSSR count). The van der Waals surface area contributed by atoms with Crippen molar-refractivity contribution in [2.24, 2.45) is 0 Å². The molecule has 1 aromatic carbocycles. The van der Waals surface area contributed by atoms with Gasteiger partial charge in [0.1, 0.15) is 0 Å². The Balaban J connectivity index is 2.78. The van der Waals surface area contributed by atoms with Crippen molar-refractivity contribution < 1.29 is 5.11 Å². The fourth-order valence-electron chi connectivity index (χ4n) is 2.43. The molecule has 19 heavy (non-hydrogen) atoms. The molecular formula is C16H28N2O. The molecule has 2 N–H and O–H groups in total. The number of anilines is 1. The zero-order valence-corrected chi connectivity index (χ0v) is 12.5. The minimum absolute atomic E-state index is 0.204. The van der Waals surface area contributed by atoms with Crippen LogP contribution < -0.4 is 10.2 Å². The van der Waals surface area contributed by atoms with Crippen molar-refractivity contribution in [1.82, 2.24) is 5.32 Å². The van der Waals surface area contributed by atoms with Gasteiger partial charge in [-0.25, -0.2) is 0 Å². The molecule has 0 aliphatic heterocycles. The highest BCUT2D eigenvalue weighted by Crippen LogP contribution is 2.20. The average Bonchev–Trinajstić information content (AvgIpc) is 2.46. The Morgan fingerprint density at radius 3 is 2.21 bits per heavy atom. The summed E-state index contributed by atoms with van der Waals surface area (Å²) in [6, 6.07) is 9.18. The second kappa shape index (κ2) is 8.94. The van der Waals surface area contributed by atoms with Gasteiger partial charge in [-0.1, -0.05) is 32.9 Å². The summed E-state index contributed by atoms with van der Waals surface area (Å²) >= 11 is 0. The molecule has 0 aromatic heterocycles. The highest BCUT2D eigenvalue weighted by atomic mass is 16.3. The minimum Gasteiger partial charge on any atom is -0.395 e. The van der Waals surface area contributed by atoms with E-state index < -0.39 is 0 Å². The molecule has 0 unspecified atom stereocenters. The van der Waals surface area contributed by atoms with E-state index >= 15 is 0 Å². The lowest BCUT2D eigenvalue weighted by atomic mass is 10.1. The van der Waals surface area contributed by atoms with Crippen LogP contribution in [0.2, 0.25) is 0 Å². The standard InChI is InChI=1S/C16H28N2O/c1-4-15(5-2)18(11-12-19)16-9-7-14(8-10-16)13-17-6-3/h7-10,15,17,19H,4-6,11-13H2,1-3H3. The van der Waals surface area contributed by atoms with Crippen molar-refractivity contribution in [3.63, 3.8) is 0 Å². The van der Waals surface area contributed by atoms with Crippen LogP contribution in [-0.4, -0.2) is 30.8 Å². The summed E-state index contributed by atoms with van der Waals surface area (Å²) in [6.45, 7) is 9.35. The molecule has 3 nitrogen and oxygen atoms in total. The van der Waals surface area contributed by atoms with Crippen LogP contribution in [-0.2, 0) is 6.54 Å². The van der Waals surface area contributed by atoms with Crippen molar-refractivity contribution in [2.45, 2.75) is 46.2 Å². The molecule has 3 heteroatoms. The lowest BCUT2D eigenvalue weighted by molar-refractivity contribution is 0.296. The first-order chi connectivity index (χ1) is 9.26. The van der Waals surface area contributed by atoms with Crippen LogP contribution in [0.5, 0.6) is 0 Å². The number of rotatable bonds is 9. The average molecular weight is 264 g/mol. The Bertz CT molecular complexity index is 333. The maximum absolute atomic E-state index is 9.26. The number of nitrogens with zero attached hydrogens (tertiary/aromatic N) is 1. The van der Waals surface area contributed by atoms with Crippen LogP contribution in [0.15, 0.2) is 24.3 Å². The molecule has 0 amide bonds. The van der Waals surface area contributed by atoms with Crippen molar-refractivity contribution in [3.8, 4) is 0 Å². The molecule has 0 aliphatic carbocycles. The number of aliphatic hydroxyl groups is 1. The van der Waals surface area contributed by atoms with Crippen LogP contribution in [0.3, 0.4) is 0 Å². The van der Waals surface area contributed by atoms with E-state index in [0.717, 1.165) is 25.9 Å². The predicted molar refractivity (Wildman–Crippen MR) is 82.6 cm³/mol. The summed E-state index contributed by atoms with van der Waals surface area (Å²) in [6.07, 6.45) is 2.21. The van der Waals surface area contributed by atoms with Gasteiger partial charge in [0.2, 0.25) is 0 Å². The number of nitrogens with one attached hydrogen (secondary N) is 1. The zero-order valence-electron chi connectivity index (χ0n) is 12.5. The Labute approximate surface area is 117 Å². The van der Waals surface area contributed by atoms with Crippen molar-refractivity contribution in [1.29, 1.82) is 0 Å². The summed E-state index contributed by atoms with van der Waals surface area (Å²) < 4.78 is 0. The van der Waals surface area contributed by atoms with E-state index in [2.05, 4.69) is 55.3 Å². The van der Waals surface area contributed by atoms with E-state index in [1.807, 2.05) is 0 Å². The van der Waals surface area contributed by atoms with E-state index in [-0.39, 0.29) is 6.61 Å². The third kappa shape index (κ3) is 4.84. The van der Waals surface area contributed by atoms with Crippen molar-refractivity contribution in [2.75, 3.05) is 24.6 Å². The van der Waals surface area contributed by atoms with Gasteiger partial charge in [-0.15, -0.1) is 0 Å². The second-order valence-corrected chi connectivity index (χ2v) is 4.83. The van der Waals surface area contributed by atoms with Gasteiger partial charge in [-0.05, 0) is 37.1 Å². The maximum Gasteiger partial charge on any atom is 0.0606 e. The SMILES string of the molecule is CCNCc1ccc(N(CCO)C(CC)CC)cc1. The van der Waals surface area contributed by atoms with Gasteiger partial charge < -0.3 is 15.3 Å². The number of hydrogen-bond acceptors (Lipinski definition) is 3. The lowest BCUT2D eigenvalue weighted by Crippen LogP contribution is -2.36. The van der Waals surface area contributed by atoms with Crippen LogP contribution in [0.25, 0.3) is 0 Å². The molecule has 0 fully saturated rings. The largest absolute Gasteiger partial charge is 0.395 e. The molecule has 0 saturated heterocycles. The van der Waals surface area contributed by atoms with Gasteiger partial charge in [0, 0.05) is 24.8 Å². The Morgan fingerprint density at radius 2 is 1.74 bits per heavy atom. The van der Waals surface area contributed by atoms with Crippen LogP contribution >= 0.6 is 0 Å². The van der Waals surface area contributed by atoms with Gasteiger partial charge in [0.05, 0.1) is 6.61 Å². The molecule has 0 saturated carbocycles. The van der Waals surface area contributed by atoms with Crippen LogP contribution in [0.4, 0.5) is 5.69 Å². The summed E-state index contributed by atoms with van der Waals surface area (Å²) in [4.78, 5) is 2.32. The Morgan fingerprint density at radius 1 is 1.11 bits per heavy atom. The van der Waals surface area contributed by atoms with E-state index in [1.54, 1.807) is 0 Å². The van der Waals surface area contributed by atoms with Gasteiger partial charge in [-0.2, -0.15) is 0 Å². The minimum atomic E-state index is 0.204. The van der Waals surface area contributed by atoms with Crippen LogP contribution in [0.1, 0.15) is 39.2 Å². The highest BCUT2D eigenvalue weighted by Gasteiger charge is 2.14. The molecule has 0 spiro atoms. The number of aliphatic hydroxyl groups excluding tert-OH is 1. The monoisotopic (exact) mass is 264 g/mol. The highest BCUT2D eigenvalue weighted by molar-refractivity contribution is 5.48. The van der Waals surface area contributed by atoms with Gasteiger partial charge in [-0.3, -0.25) is 0 Å². The van der Waals surface area contributed by atoms with E-state index in [9.17, 15) is 5.11 Å². The molecule has 0 radical (unpaired) electrons. The molecule has 1 aromatic rings. The quantitative estimate of drug-likeness (QED) is 0.720. The smallest absolute Gasteiger partial charge is 0.0606 e. The molecule has 108 valence electrons. The summed E-state index contributed by atoms with van der Waals surface area (Å²) in [5, 5.41) is 12.6. The topological polar surface area (TPSA) is 35.5 Å². The molecule has 0 bridgehead atoms. The Hall–Kier alpha value is -1.06. The van der Waals surface area contributed by atoms with Crippen molar-refractivity contribution in [3.05, 3.63) is 29.8 Å². The summed E-state index contributed by atoms with van der Waals surface area (Å²) in [5.74, 6) is 0. The zero-order chi connectivity index (χ0) is 14.1. The molecular weight excluding hydrogens is 236 g/mol. The maximum atomic E-state index is 9.26. The summed E-state index contributed by atoms with van der Waals surface area (Å²) in [5.41, 5.74) is 2.52.